The number of rotatable bonds is 6. The predicted octanol–water partition coefficient (Wildman–Crippen LogP) is 2.89. The van der Waals surface area contributed by atoms with Gasteiger partial charge in [-0.3, -0.25) is 9.78 Å². The van der Waals surface area contributed by atoms with E-state index in [1.807, 2.05) is 30.3 Å². The van der Waals surface area contributed by atoms with E-state index in [1.165, 1.54) is 7.11 Å². The van der Waals surface area contributed by atoms with Gasteiger partial charge in [-0.2, -0.15) is 0 Å². The fourth-order valence-electron chi connectivity index (χ4n) is 2.47. The molecule has 0 radical (unpaired) electrons. The molecule has 0 unspecified atom stereocenters. The Morgan fingerprint density at radius 3 is 2.64 bits per heavy atom. The van der Waals surface area contributed by atoms with E-state index in [4.69, 9.17) is 9.47 Å². The van der Waals surface area contributed by atoms with Gasteiger partial charge in [0.1, 0.15) is 18.2 Å². The van der Waals surface area contributed by atoms with E-state index in [2.05, 4.69) is 20.6 Å². The lowest BCUT2D eigenvalue weighted by Gasteiger charge is -2.15. The third kappa shape index (κ3) is 4.73. The molecule has 8 heteroatoms. The summed E-state index contributed by atoms with van der Waals surface area (Å²) in [6.07, 6.45) is 0.893. The van der Waals surface area contributed by atoms with Gasteiger partial charge in [-0.15, -0.1) is 0 Å². The van der Waals surface area contributed by atoms with E-state index in [0.717, 1.165) is 5.56 Å². The molecule has 2 N–H and O–H groups in total. The van der Waals surface area contributed by atoms with Crippen molar-refractivity contribution in [1.82, 2.24) is 15.3 Å². The minimum Gasteiger partial charge on any atom is -0.481 e. The molecule has 2 aromatic heterocycles. The molecule has 1 atom stereocenters. The lowest BCUT2D eigenvalue weighted by atomic mass is 10.2. The normalized spacial score (nSPS) is 11.5. The van der Waals surface area contributed by atoms with Crippen LogP contribution in [0.25, 0.3) is 11.0 Å². The summed E-state index contributed by atoms with van der Waals surface area (Å²) in [7, 11) is 1.51. The van der Waals surface area contributed by atoms with Crippen LogP contribution in [0.5, 0.6) is 5.88 Å². The first-order valence-electron chi connectivity index (χ1n) is 8.64. The molecule has 2 amide bonds. The number of hydrogen-bond acceptors (Lipinski definition) is 6. The molecule has 8 nitrogen and oxygen atoms in total. The molecule has 28 heavy (non-hydrogen) atoms. The summed E-state index contributed by atoms with van der Waals surface area (Å²) >= 11 is 0. The quantitative estimate of drug-likeness (QED) is 0.682. The van der Waals surface area contributed by atoms with Gasteiger partial charge in [-0.05, 0) is 24.6 Å². The van der Waals surface area contributed by atoms with Gasteiger partial charge in [0.05, 0.1) is 18.3 Å². The zero-order chi connectivity index (χ0) is 19.9. The molecule has 144 valence electrons. The number of hydrogen-bond donors (Lipinski definition) is 2. The van der Waals surface area contributed by atoms with Gasteiger partial charge in [-0.1, -0.05) is 30.3 Å². The zero-order valence-electron chi connectivity index (χ0n) is 15.5. The molecule has 0 aliphatic carbocycles. The first kappa shape index (κ1) is 19.1. The molecule has 0 saturated heterocycles. The molecule has 0 spiro atoms. The van der Waals surface area contributed by atoms with Crippen LogP contribution in [0.15, 0.2) is 54.7 Å². The predicted molar refractivity (Wildman–Crippen MR) is 104 cm³/mol. The SMILES string of the molecule is COc1ccc2nccc(NC(=O)[C@H](C)NC(=O)OCc3ccccc3)c2n1. The summed E-state index contributed by atoms with van der Waals surface area (Å²) in [4.78, 5) is 32.9. The van der Waals surface area contributed by atoms with Gasteiger partial charge in [-0.25, -0.2) is 9.78 Å². The third-order valence-electron chi connectivity index (χ3n) is 3.97. The minimum absolute atomic E-state index is 0.125. The smallest absolute Gasteiger partial charge is 0.408 e. The highest BCUT2D eigenvalue weighted by Gasteiger charge is 2.18. The van der Waals surface area contributed by atoms with Crippen LogP contribution in [0.4, 0.5) is 10.5 Å². The fourth-order valence-corrected chi connectivity index (χ4v) is 2.47. The van der Waals surface area contributed by atoms with Crippen LogP contribution in [-0.2, 0) is 16.1 Å². The first-order valence-corrected chi connectivity index (χ1v) is 8.64. The number of ether oxygens (including phenoxy) is 2. The molecule has 1 aromatic carbocycles. The van der Waals surface area contributed by atoms with Crippen LogP contribution >= 0.6 is 0 Å². The summed E-state index contributed by atoms with van der Waals surface area (Å²) < 4.78 is 10.3. The molecule has 0 aliphatic heterocycles. The molecule has 3 rings (SSSR count). The maximum Gasteiger partial charge on any atom is 0.408 e. The van der Waals surface area contributed by atoms with Crippen LogP contribution < -0.4 is 15.4 Å². The molecule has 0 bridgehead atoms. The van der Waals surface area contributed by atoms with E-state index >= 15 is 0 Å². The Labute approximate surface area is 161 Å². The van der Waals surface area contributed by atoms with Crippen molar-refractivity contribution in [2.45, 2.75) is 19.6 Å². The number of alkyl carbamates (subject to hydrolysis) is 1. The average Bonchev–Trinajstić information content (AvgIpc) is 2.72. The Morgan fingerprint density at radius 1 is 1.11 bits per heavy atom. The molecule has 3 aromatic rings. The number of pyridine rings is 2. The summed E-state index contributed by atoms with van der Waals surface area (Å²) in [5.41, 5.74) is 2.44. The highest BCUT2D eigenvalue weighted by Crippen LogP contribution is 2.22. The van der Waals surface area contributed by atoms with E-state index in [0.29, 0.717) is 22.6 Å². The Hall–Kier alpha value is -3.68. The second kappa shape index (κ2) is 8.81. The average molecular weight is 380 g/mol. The van der Waals surface area contributed by atoms with Crippen molar-refractivity contribution in [1.29, 1.82) is 0 Å². The number of carbonyl (C=O) groups is 2. The highest BCUT2D eigenvalue weighted by atomic mass is 16.5. The van der Waals surface area contributed by atoms with Crippen molar-refractivity contribution in [3.05, 3.63) is 60.3 Å². The Morgan fingerprint density at radius 2 is 1.89 bits per heavy atom. The topological polar surface area (TPSA) is 102 Å². The highest BCUT2D eigenvalue weighted by molar-refractivity contribution is 6.02. The number of anilines is 1. The standard InChI is InChI=1S/C20H20N4O4/c1-13(22-20(26)28-12-14-6-4-3-5-7-14)19(25)23-16-10-11-21-15-8-9-17(27-2)24-18(15)16/h3-11,13H,12H2,1-2H3,(H,22,26)(H,21,23,25)/t13-/m0/s1. The van der Waals surface area contributed by atoms with Crippen molar-refractivity contribution < 1.29 is 19.1 Å². The zero-order valence-corrected chi connectivity index (χ0v) is 15.5. The van der Waals surface area contributed by atoms with Crippen molar-refractivity contribution >= 4 is 28.7 Å². The summed E-state index contributed by atoms with van der Waals surface area (Å²) in [6.45, 7) is 1.69. The number of fused-ring (bicyclic) bond motifs is 1. The largest absolute Gasteiger partial charge is 0.481 e. The van der Waals surface area contributed by atoms with Gasteiger partial charge in [0, 0.05) is 12.3 Å². The van der Waals surface area contributed by atoms with Gasteiger partial charge >= 0.3 is 6.09 Å². The molecule has 2 heterocycles. The number of methoxy groups -OCH3 is 1. The molecule has 0 fully saturated rings. The first-order chi connectivity index (χ1) is 13.6. The van der Waals surface area contributed by atoms with Gasteiger partial charge in [0.2, 0.25) is 11.8 Å². The van der Waals surface area contributed by atoms with Gasteiger partial charge < -0.3 is 20.1 Å². The summed E-state index contributed by atoms with van der Waals surface area (Å²) in [6, 6.07) is 13.5. The summed E-state index contributed by atoms with van der Waals surface area (Å²) in [5.74, 6) is 0.000410. The van der Waals surface area contributed by atoms with Crippen LogP contribution in [0, 0.1) is 0 Å². The van der Waals surface area contributed by atoms with Gasteiger partial charge in [0.15, 0.2) is 0 Å². The van der Waals surface area contributed by atoms with Crippen molar-refractivity contribution in [2.24, 2.45) is 0 Å². The van der Waals surface area contributed by atoms with Crippen molar-refractivity contribution in [2.75, 3.05) is 12.4 Å². The Bertz CT molecular complexity index is 978. The number of benzene rings is 1. The van der Waals surface area contributed by atoms with E-state index in [9.17, 15) is 9.59 Å². The maximum absolute atomic E-state index is 12.5. The molecule has 0 saturated carbocycles. The van der Waals surface area contributed by atoms with Crippen LogP contribution in [0.1, 0.15) is 12.5 Å². The monoisotopic (exact) mass is 380 g/mol. The number of aromatic nitrogens is 2. The second-order valence-corrected chi connectivity index (χ2v) is 6.00. The third-order valence-corrected chi connectivity index (χ3v) is 3.97. The van der Waals surface area contributed by atoms with Gasteiger partial charge in [0.25, 0.3) is 0 Å². The summed E-state index contributed by atoms with van der Waals surface area (Å²) in [5, 5.41) is 5.25. The molecule has 0 aliphatic rings. The Kier molecular flexibility index (Phi) is 6.01. The van der Waals surface area contributed by atoms with Crippen LogP contribution in [0.2, 0.25) is 0 Å². The number of nitrogens with one attached hydrogen (secondary N) is 2. The van der Waals surface area contributed by atoms with E-state index < -0.39 is 18.0 Å². The van der Waals surface area contributed by atoms with E-state index in [-0.39, 0.29) is 6.61 Å². The lowest BCUT2D eigenvalue weighted by Crippen LogP contribution is -2.41. The van der Waals surface area contributed by atoms with Crippen LogP contribution in [-0.4, -0.2) is 35.1 Å². The lowest BCUT2D eigenvalue weighted by molar-refractivity contribution is -0.117. The molecular weight excluding hydrogens is 360 g/mol. The number of amides is 2. The molecular formula is C20H20N4O4. The number of carbonyl (C=O) groups excluding carboxylic acids is 2. The van der Waals surface area contributed by atoms with Crippen molar-refractivity contribution in [3.8, 4) is 5.88 Å². The van der Waals surface area contributed by atoms with Crippen LogP contribution in [0.3, 0.4) is 0 Å². The fraction of sp³-hybridized carbons (Fsp3) is 0.200. The maximum atomic E-state index is 12.5. The van der Waals surface area contributed by atoms with Crippen molar-refractivity contribution in [3.63, 3.8) is 0 Å². The van der Waals surface area contributed by atoms with E-state index in [1.54, 1.807) is 31.3 Å². The second-order valence-electron chi connectivity index (χ2n) is 6.00. The Balaban J connectivity index is 1.61. The number of nitrogens with zero attached hydrogens (tertiary/aromatic N) is 2. The minimum atomic E-state index is -0.808.